The van der Waals surface area contributed by atoms with Gasteiger partial charge in [0.25, 0.3) is 11.8 Å². The van der Waals surface area contributed by atoms with Crippen LogP contribution in [0.5, 0.6) is 11.5 Å². The highest BCUT2D eigenvalue weighted by molar-refractivity contribution is 6.39. The second-order valence-corrected chi connectivity index (χ2v) is 15.5. The van der Waals surface area contributed by atoms with Crippen molar-refractivity contribution in [3.8, 4) is 44.9 Å². The lowest BCUT2D eigenvalue weighted by Crippen LogP contribution is -2.47. The van der Waals surface area contributed by atoms with E-state index in [1.807, 2.05) is 60.7 Å². The Morgan fingerprint density at radius 3 is 1.40 bits per heavy atom. The lowest BCUT2D eigenvalue weighted by molar-refractivity contribution is -0.152. The first-order chi connectivity index (χ1) is 28.8. The molecule has 6 rings (SSSR count). The second-order valence-electron chi connectivity index (χ2n) is 14.7. The van der Waals surface area contributed by atoms with E-state index in [-0.39, 0.29) is 63.4 Å². The summed E-state index contributed by atoms with van der Waals surface area (Å²) < 4.78 is 22.1. The Labute approximate surface area is 358 Å². The second kappa shape index (κ2) is 19.9. The van der Waals surface area contributed by atoms with Crippen molar-refractivity contribution in [2.75, 3.05) is 62.4 Å². The van der Waals surface area contributed by atoms with Gasteiger partial charge in [0.05, 0.1) is 46.8 Å². The summed E-state index contributed by atoms with van der Waals surface area (Å²) in [6.45, 7) is 6.55. The molecule has 0 fully saturated rings. The number of aliphatic hydroxyl groups is 2. The molecule has 0 aromatic heterocycles. The molecule has 0 saturated heterocycles. The summed E-state index contributed by atoms with van der Waals surface area (Å²) in [5.74, 6) is -0.667. The van der Waals surface area contributed by atoms with Gasteiger partial charge in [-0.15, -0.1) is 0 Å². The Hall–Kier alpha value is -5.22. The maximum atomic E-state index is 12.9. The molecule has 0 saturated carbocycles. The molecule has 4 N–H and O–H groups in total. The summed E-state index contributed by atoms with van der Waals surface area (Å²) in [5.41, 5.74) is 5.42. The number of amides is 2. The fourth-order valence-corrected chi connectivity index (χ4v) is 7.61. The summed E-state index contributed by atoms with van der Waals surface area (Å²) in [6.07, 6.45) is -0.658. The topological polar surface area (TPSA) is 176 Å². The standard InChI is InChI=1S/C44H48Cl2N4O10/c1-25(2)59-43(55)33(21-51)47-15-17-49-35-13-11-27(19-37(35)57-23-39(49)53)29-7-5-9-31(41(29)45)32-10-6-8-30(42(32)46)28-12-14-36-38(20-28)58-24-40(54)50(36)18-16-48-34(22-52)44(56)60-26(3)4/h5-14,19-20,25-26,33-34,47-48,51-52H,15-18,21-24H2,1-4H3. The lowest BCUT2D eigenvalue weighted by atomic mass is 9.95. The van der Waals surface area contributed by atoms with Crippen LogP contribution in [0.4, 0.5) is 11.4 Å². The smallest absolute Gasteiger partial charge is 0.325 e. The van der Waals surface area contributed by atoms with E-state index >= 15 is 0 Å². The number of aliphatic hydroxyl groups excluding tert-OH is 2. The molecule has 2 heterocycles. The van der Waals surface area contributed by atoms with E-state index in [1.165, 1.54) is 0 Å². The van der Waals surface area contributed by atoms with Crippen molar-refractivity contribution in [3.05, 3.63) is 82.8 Å². The molecule has 0 bridgehead atoms. The van der Waals surface area contributed by atoms with Gasteiger partial charge in [-0.2, -0.15) is 0 Å². The van der Waals surface area contributed by atoms with Crippen LogP contribution in [0.3, 0.4) is 0 Å². The van der Waals surface area contributed by atoms with Crippen LogP contribution in [0.15, 0.2) is 72.8 Å². The highest BCUT2D eigenvalue weighted by Crippen LogP contribution is 2.45. The summed E-state index contributed by atoms with van der Waals surface area (Å²) in [5, 5.41) is 26.2. The molecule has 318 valence electrons. The fourth-order valence-electron chi connectivity index (χ4n) is 6.94. The molecule has 2 aliphatic rings. The first-order valence-corrected chi connectivity index (χ1v) is 20.4. The van der Waals surface area contributed by atoms with Crippen LogP contribution >= 0.6 is 23.2 Å². The number of carbonyl (C=O) groups excluding carboxylic acids is 4. The van der Waals surface area contributed by atoms with Crippen molar-refractivity contribution in [2.45, 2.75) is 52.0 Å². The normalized spacial score (nSPS) is 14.6. The number of carbonyl (C=O) groups is 4. The van der Waals surface area contributed by atoms with E-state index in [1.54, 1.807) is 49.6 Å². The number of nitrogens with zero attached hydrogens (tertiary/aromatic N) is 2. The number of fused-ring (bicyclic) bond motifs is 2. The van der Waals surface area contributed by atoms with Crippen LogP contribution in [0.1, 0.15) is 27.7 Å². The van der Waals surface area contributed by atoms with E-state index in [9.17, 15) is 29.4 Å². The molecule has 2 amide bonds. The van der Waals surface area contributed by atoms with Crippen LogP contribution < -0.4 is 29.9 Å². The van der Waals surface area contributed by atoms with Gasteiger partial charge in [0.1, 0.15) is 23.6 Å². The predicted molar refractivity (Wildman–Crippen MR) is 229 cm³/mol. The number of hydrogen-bond donors (Lipinski definition) is 4. The first-order valence-electron chi connectivity index (χ1n) is 19.6. The number of ether oxygens (including phenoxy) is 4. The molecule has 14 nitrogen and oxygen atoms in total. The third kappa shape index (κ3) is 10.0. The molecule has 2 aliphatic heterocycles. The number of nitrogens with one attached hydrogen (secondary N) is 2. The molecule has 0 spiro atoms. The molecule has 16 heteroatoms. The van der Waals surface area contributed by atoms with Crippen LogP contribution in [-0.4, -0.2) is 111 Å². The molecule has 2 unspecified atom stereocenters. The Balaban J connectivity index is 1.19. The van der Waals surface area contributed by atoms with Gasteiger partial charge in [-0.05, 0) is 63.1 Å². The van der Waals surface area contributed by atoms with Crippen molar-refractivity contribution in [1.29, 1.82) is 0 Å². The summed E-state index contributed by atoms with van der Waals surface area (Å²) in [4.78, 5) is 53.6. The van der Waals surface area contributed by atoms with E-state index in [2.05, 4.69) is 10.6 Å². The highest BCUT2D eigenvalue weighted by atomic mass is 35.5. The fraction of sp³-hybridized carbons (Fsp3) is 0.364. The number of halogens is 2. The molecule has 4 aromatic rings. The van der Waals surface area contributed by atoms with Crippen molar-refractivity contribution in [3.63, 3.8) is 0 Å². The third-order valence-electron chi connectivity index (χ3n) is 9.81. The van der Waals surface area contributed by atoms with Gasteiger partial charge in [-0.3, -0.25) is 19.2 Å². The molecule has 2 atom stereocenters. The average Bonchev–Trinajstić information content (AvgIpc) is 3.22. The Morgan fingerprint density at radius 1 is 0.650 bits per heavy atom. The van der Waals surface area contributed by atoms with Gasteiger partial charge in [0, 0.05) is 48.4 Å². The average molecular weight is 864 g/mol. The molecule has 0 aliphatic carbocycles. The highest BCUT2D eigenvalue weighted by Gasteiger charge is 2.29. The van der Waals surface area contributed by atoms with Gasteiger partial charge in [-0.1, -0.05) is 71.7 Å². The Bertz CT molecular complexity index is 2080. The number of anilines is 2. The Kier molecular flexibility index (Phi) is 14.7. The van der Waals surface area contributed by atoms with Crippen LogP contribution in [0.25, 0.3) is 33.4 Å². The maximum Gasteiger partial charge on any atom is 0.325 e. The maximum absolute atomic E-state index is 12.9. The van der Waals surface area contributed by atoms with E-state index in [0.717, 1.165) is 11.1 Å². The number of rotatable bonds is 17. The zero-order valence-electron chi connectivity index (χ0n) is 33.7. The monoisotopic (exact) mass is 862 g/mol. The van der Waals surface area contributed by atoms with Crippen molar-refractivity contribution in [1.82, 2.24) is 10.6 Å². The van der Waals surface area contributed by atoms with E-state index in [4.69, 9.17) is 42.1 Å². The lowest BCUT2D eigenvalue weighted by Gasteiger charge is -2.30. The SMILES string of the molecule is CC(C)OC(=O)C(CO)NCCN1C(=O)COc2cc(-c3cccc(-c4cccc(-c5ccc6c(c5)OCC(=O)N6CCNC(CO)C(=O)OC(C)C)c4Cl)c3Cl)ccc21. The molecule has 0 radical (unpaired) electrons. The van der Waals surface area contributed by atoms with Gasteiger partial charge < -0.3 is 49.6 Å². The number of esters is 2. The summed E-state index contributed by atoms with van der Waals surface area (Å²) >= 11 is 14.3. The first kappa shape index (κ1) is 44.3. The number of hydrogen-bond acceptors (Lipinski definition) is 12. The van der Waals surface area contributed by atoms with E-state index in [0.29, 0.717) is 55.2 Å². The van der Waals surface area contributed by atoms with Crippen LogP contribution in [0, 0.1) is 0 Å². The van der Waals surface area contributed by atoms with Gasteiger partial charge in [-0.25, -0.2) is 0 Å². The number of benzene rings is 4. The molecule has 4 aromatic carbocycles. The quantitative estimate of drug-likeness (QED) is 0.102. The Morgan fingerprint density at radius 2 is 1.03 bits per heavy atom. The van der Waals surface area contributed by atoms with Crippen LogP contribution in [-0.2, 0) is 28.7 Å². The largest absolute Gasteiger partial charge is 0.482 e. The van der Waals surface area contributed by atoms with Gasteiger partial charge in [0.15, 0.2) is 13.2 Å². The van der Waals surface area contributed by atoms with Crippen molar-refractivity contribution >= 4 is 58.3 Å². The minimum absolute atomic E-state index is 0.174. The molecular formula is C44H48Cl2N4O10. The zero-order chi connectivity index (χ0) is 43.1. The van der Waals surface area contributed by atoms with Crippen LogP contribution in [0.2, 0.25) is 10.0 Å². The third-order valence-corrected chi connectivity index (χ3v) is 10.6. The van der Waals surface area contributed by atoms with Crippen molar-refractivity contribution < 1.29 is 48.3 Å². The molecule has 60 heavy (non-hydrogen) atoms. The zero-order valence-corrected chi connectivity index (χ0v) is 35.2. The predicted octanol–water partition coefficient (Wildman–Crippen LogP) is 5.25. The van der Waals surface area contributed by atoms with Gasteiger partial charge in [0.2, 0.25) is 0 Å². The summed E-state index contributed by atoms with van der Waals surface area (Å²) in [6, 6.07) is 20.4. The van der Waals surface area contributed by atoms with Gasteiger partial charge >= 0.3 is 11.9 Å². The summed E-state index contributed by atoms with van der Waals surface area (Å²) in [7, 11) is 0. The molecular weight excluding hydrogens is 815 g/mol. The van der Waals surface area contributed by atoms with E-state index < -0.39 is 37.2 Å². The minimum atomic E-state index is -0.921. The van der Waals surface area contributed by atoms with Crippen molar-refractivity contribution in [2.24, 2.45) is 0 Å². The minimum Gasteiger partial charge on any atom is -0.482 e.